The molecule has 7 nitrogen and oxygen atoms in total. The molecule has 1 N–H and O–H groups in total. The van der Waals surface area contributed by atoms with E-state index in [0.29, 0.717) is 11.3 Å². The molecule has 144 valence electrons. The van der Waals surface area contributed by atoms with E-state index in [4.69, 9.17) is 4.74 Å². The largest absolute Gasteiger partial charge is 0.496 e. The van der Waals surface area contributed by atoms with Crippen LogP contribution in [0.2, 0.25) is 0 Å². The fourth-order valence-electron chi connectivity index (χ4n) is 2.44. The number of nitrogens with one attached hydrogen (secondary N) is 1. The second-order valence-corrected chi connectivity index (χ2v) is 8.14. The van der Waals surface area contributed by atoms with E-state index in [2.05, 4.69) is 10.5 Å². The van der Waals surface area contributed by atoms with Gasteiger partial charge in [-0.3, -0.25) is 4.79 Å². The summed E-state index contributed by atoms with van der Waals surface area (Å²) in [6.07, 6.45) is 1.51. The predicted molar refractivity (Wildman–Crippen MR) is 104 cm³/mol. The summed E-state index contributed by atoms with van der Waals surface area (Å²) in [5.74, 6) is 0.0649. The second-order valence-electron chi connectivity index (χ2n) is 6.10. The Morgan fingerprint density at radius 2 is 1.96 bits per heavy atom. The Morgan fingerprint density at radius 3 is 2.59 bits per heavy atom. The van der Waals surface area contributed by atoms with Crippen molar-refractivity contribution in [3.05, 3.63) is 59.2 Å². The van der Waals surface area contributed by atoms with Crippen molar-refractivity contribution in [2.75, 3.05) is 20.7 Å². The zero-order valence-corrected chi connectivity index (χ0v) is 16.6. The zero-order valence-electron chi connectivity index (χ0n) is 15.8. The van der Waals surface area contributed by atoms with Crippen molar-refractivity contribution in [1.82, 2.24) is 9.73 Å². The molecule has 0 saturated heterocycles. The van der Waals surface area contributed by atoms with Crippen LogP contribution < -0.4 is 10.2 Å². The second kappa shape index (κ2) is 8.79. The topological polar surface area (TPSA) is 88.1 Å². The lowest BCUT2D eigenvalue weighted by atomic mass is 10.2. The Balaban J connectivity index is 2.01. The van der Waals surface area contributed by atoms with Gasteiger partial charge in [0.15, 0.2) is 0 Å². The molecule has 0 fully saturated rings. The van der Waals surface area contributed by atoms with E-state index in [-0.39, 0.29) is 11.4 Å². The number of hydrazone groups is 1. The molecule has 0 heterocycles. The molecule has 2 rings (SSSR count). The van der Waals surface area contributed by atoms with E-state index in [9.17, 15) is 13.2 Å². The first-order chi connectivity index (χ1) is 12.7. The lowest BCUT2D eigenvalue weighted by Crippen LogP contribution is -2.36. The van der Waals surface area contributed by atoms with Crippen LogP contribution in [-0.2, 0) is 14.8 Å². The van der Waals surface area contributed by atoms with Crippen LogP contribution in [0.25, 0.3) is 0 Å². The first-order valence-corrected chi connectivity index (χ1v) is 9.67. The molecule has 2 aromatic carbocycles. The molecule has 1 amide bonds. The number of ether oxygens (including phenoxy) is 1. The maximum absolute atomic E-state index is 12.6. The third kappa shape index (κ3) is 5.38. The van der Waals surface area contributed by atoms with Gasteiger partial charge in [-0.05, 0) is 43.2 Å². The Bertz CT molecular complexity index is 955. The summed E-state index contributed by atoms with van der Waals surface area (Å²) in [6, 6.07) is 12.2. The Labute approximate surface area is 159 Å². The summed E-state index contributed by atoms with van der Waals surface area (Å²) in [6.45, 7) is 3.36. The molecule has 0 spiro atoms. The van der Waals surface area contributed by atoms with Crippen LogP contribution in [0.5, 0.6) is 5.75 Å². The van der Waals surface area contributed by atoms with E-state index in [1.165, 1.54) is 32.5 Å². The van der Waals surface area contributed by atoms with E-state index in [1.807, 2.05) is 31.2 Å². The molecule has 0 saturated carbocycles. The van der Waals surface area contributed by atoms with Gasteiger partial charge in [0.25, 0.3) is 5.91 Å². The number of hydrogen-bond donors (Lipinski definition) is 1. The minimum absolute atomic E-state index is 0.0966. The Morgan fingerprint density at radius 1 is 1.22 bits per heavy atom. The fourth-order valence-corrected chi connectivity index (χ4v) is 3.66. The van der Waals surface area contributed by atoms with Crippen LogP contribution >= 0.6 is 0 Å². The van der Waals surface area contributed by atoms with Crippen LogP contribution in [-0.4, -0.2) is 45.5 Å². The highest BCUT2D eigenvalue weighted by Crippen LogP contribution is 2.23. The number of rotatable bonds is 7. The van der Waals surface area contributed by atoms with Gasteiger partial charge in [0.1, 0.15) is 5.75 Å². The lowest BCUT2D eigenvalue weighted by molar-refractivity contribution is -0.121. The minimum Gasteiger partial charge on any atom is -0.496 e. The number of benzene rings is 2. The molecule has 0 atom stereocenters. The fraction of sp³-hybridized carbons (Fsp3) is 0.263. The van der Waals surface area contributed by atoms with Gasteiger partial charge in [0.05, 0.1) is 24.8 Å². The highest BCUT2D eigenvalue weighted by Gasteiger charge is 2.23. The number of aryl methyl sites for hydroxylation is 2. The predicted octanol–water partition coefficient (Wildman–Crippen LogP) is 2.08. The van der Waals surface area contributed by atoms with Gasteiger partial charge >= 0.3 is 0 Å². The molecule has 0 aromatic heterocycles. The van der Waals surface area contributed by atoms with E-state index in [0.717, 1.165) is 15.4 Å². The number of carbonyl (C=O) groups is 1. The SMILES string of the molecule is COc1ccc(S(=O)(=O)N(C)CC(=O)N/N=C/c2cccc(C)c2)cc1C. The summed E-state index contributed by atoms with van der Waals surface area (Å²) >= 11 is 0. The Hall–Kier alpha value is -2.71. The van der Waals surface area contributed by atoms with Crippen molar-refractivity contribution < 1.29 is 17.9 Å². The van der Waals surface area contributed by atoms with Crippen molar-refractivity contribution in [1.29, 1.82) is 0 Å². The monoisotopic (exact) mass is 389 g/mol. The number of hydrogen-bond acceptors (Lipinski definition) is 5. The molecule has 8 heteroatoms. The van der Waals surface area contributed by atoms with Gasteiger partial charge in [0.2, 0.25) is 10.0 Å². The standard InChI is InChI=1S/C19H23N3O4S/c1-14-6-5-7-16(10-14)12-20-21-19(23)13-22(3)27(24,25)17-8-9-18(26-4)15(2)11-17/h5-12H,13H2,1-4H3,(H,21,23)/b20-12+. The number of nitrogens with zero attached hydrogens (tertiary/aromatic N) is 2. The van der Waals surface area contributed by atoms with Crippen LogP contribution in [0, 0.1) is 13.8 Å². The average molecular weight is 389 g/mol. The van der Waals surface area contributed by atoms with Crippen LogP contribution in [0.15, 0.2) is 52.5 Å². The van der Waals surface area contributed by atoms with Gasteiger partial charge < -0.3 is 4.74 Å². The zero-order chi connectivity index (χ0) is 20.0. The highest BCUT2D eigenvalue weighted by molar-refractivity contribution is 7.89. The molecule has 27 heavy (non-hydrogen) atoms. The molecule has 0 aliphatic rings. The molecule has 0 radical (unpaired) electrons. The quantitative estimate of drug-likeness (QED) is 0.580. The number of likely N-dealkylation sites (N-methyl/N-ethyl adjacent to an activating group) is 1. The summed E-state index contributed by atoms with van der Waals surface area (Å²) < 4.78 is 31.4. The maximum atomic E-state index is 12.6. The van der Waals surface area contributed by atoms with Crippen molar-refractivity contribution in [2.24, 2.45) is 5.10 Å². The van der Waals surface area contributed by atoms with Crippen molar-refractivity contribution >= 4 is 22.1 Å². The van der Waals surface area contributed by atoms with E-state index in [1.54, 1.807) is 13.0 Å². The third-order valence-corrected chi connectivity index (χ3v) is 5.69. The molecule has 0 aliphatic carbocycles. The van der Waals surface area contributed by atoms with Gasteiger partial charge in [-0.2, -0.15) is 9.41 Å². The van der Waals surface area contributed by atoms with Crippen molar-refractivity contribution in [3.63, 3.8) is 0 Å². The lowest BCUT2D eigenvalue weighted by Gasteiger charge is -2.17. The first-order valence-electron chi connectivity index (χ1n) is 8.23. The molecule has 2 aromatic rings. The van der Waals surface area contributed by atoms with E-state index >= 15 is 0 Å². The number of sulfonamides is 1. The summed E-state index contributed by atoms with van der Waals surface area (Å²) in [5, 5.41) is 3.86. The summed E-state index contributed by atoms with van der Waals surface area (Å²) in [4.78, 5) is 12.1. The molecule has 0 bridgehead atoms. The number of amides is 1. The highest BCUT2D eigenvalue weighted by atomic mass is 32.2. The number of carbonyl (C=O) groups excluding carboxylic acids is 1. The molecular weight excluding hydrogens is 366 g/mol. The third-order valence-electron chi connectivity index (χ3n) is 3.89. The normalized spacial score (nSPS) is 11.7. The minimum atomic E-state index is -3.80. The number of methoxy groups -OCH3 is 1. The van der Waals surface area contributed by atoms with Crippen LogP contribution in [0.1, 0.15) is 16.7 Å². The van der Waals surface area contributed by atoms with Gasteiger partial charge in [-0.25, -0.2) is 13.8 Å². The molecular formula is C19H23N3O4S. The molecule has 0 aliphatic heterocycles. The van der Waals surface area contributed by atoms with Gasteiger partial charge in [-0.15, -0.1) is 0 Å². The molecule has 0 unspecified atom stereocenters. The van der Waals surface area contributed by atoms with Crippen molar-refractivity contribution in [2.45, 2.75) is 18.7 Å². The van der Waals surface area contributed by atoms with Gasteiger partial charge in [-0.1, -0.05) is 29.8 Å². The van der Waals surface area contributed by atoms with Crippen molar-refractivity contribution in [3.8, 4) is 5.75 Å². The van der Waals surface area contributed by atoms with Crippen LogP contribution in [0.4, 0.5) is 0 Å². The van der Waals surface area contributed by atoms with Gasteiger partial charge in [0, 0.05) is 7.05 Å². The Kier molecular flexibility index (Phi) is 6.70. The average Bonchev–Trinajstić information content (AvgIpc) is 2.61. The van der Waals surface area contributed by atoms with Crippen LogP contribution in [0.3, 0.4) is 0 Å². The maximum Gasteiger partial charge on any atom is 0.255 e. The smallest absolute Gasteiger partial charge is 0.255 e. The summed E-state index contributed by atoms with van der Waals surface area (Å²) in [7, 11) is -0.935. The first kappa shape index (κ1) is 20.6. The van der Waals surface area contributed by atoms with E-state index < -0.39 is 15.9 Å². The summed E-state index contributed by atoms with van der Waals surface area (Å²) in [5.41, 5.74) is 4.95.